The van der Waals surface area contributed by atoms with Crippen molar-refractivity contribution in [2.75, 3.05) is 6.54 Å². The molecule has 0 aliphatic carbocycles. The van der Waals surface area contributed by atoms with Gasteiger partial charge in [-0.05, 0) is 19.8 Å². The molecule has 2 aromatic heterocycles. The lowest BCUT2D eigenvalue weighted by molar-refractivity contribution is 0.808. The van der Waals surface area contributed by atoms with Crippen molar-refractivity contribution in [1.29, 1.82) is 0 Å². The molecular weight excluding hydrogens is 441 g/mol. The number of halogens is 1. The third-order valence-corrected chi connectivity index (χ3v) is 5.19. The van der Waals surface area contributed by atoms with E-state index in [1.54, 1.807) is 22.7 Å². The lowest BCUT2D eigenvalue weighted by Crippen LogP contribution is -2.36. The summed E-state index contributed by atoms with van der Waals surface area (Å²) in [5, 5.41) is 10.9. The number of aromatic nitrogens is 2. The zero-order valence-corrected chi connectivity index (χ0v) is 17.7. The van der Waals surface area contributed by atoms with Crippen LogP contribution in [0.25, 0.3) is 0 Å². The van der Waals surface area contributed by atoms with Crippen LogP contribution < -0.4 is 10.6 Å². The highest BCUT2D eigenvalue weighted by atomic mass is 127. The Labute approximate surface area is 163 Å². The number of aliphatic imine (C=N–C) groups is 1. The van der Waals surface area contributed by atoms with Crippen molar-refractivity contribution in [2.45, 2.75) is 46.7 Å². The van der Waals surface area contributed by atoms with Crippen molar-refractivity contribution in [1.82, 2.24) is 20.6 Å². The molecule has 0 unspecified atom stereocenters. The van der Waals surface area contributed by atoms with E-state index in [2.05, 4.69) is 51.7 Å². The maximum atomic E-state index is 4.59. The summed E-state index contributed by atoms with van der Waals surface area (Å²) in [6.07, 6.45) is 3.97. The molecule has 0 fully saturated rings. The molecule has 0 saturated heterocycles. The Balaban J connectivity index is 0.00000264. The third-order valence-electron chi connectivity index (χ3n) is 3.00. The van der Waals surface area contributed by atoms with Crippen LogP contribution >= 0.6 is 46.7 Å². The highest BCUT2D eigenvalue weighted by Gasteiger charge is 2.04. The van der Waals surface area contributed by atoms with Gasteiger partial charge in [0.1, 0.15) is 5.01 Å². The standard InChI is InChI=1S/C15H23N5S2.HI/c1-4-12-8-17-14(22-12)9-19-15(16-6-3)18-7-11-10-21-13(5-2)20-11;/h8,10H,4-7,9H2,1-3H3,(H2,16,18,19);1H. The van der Waals surface area contributed by atoms with Crippen LogP contribution in [-0.4, -0.2) is 22.5 Å². The molecule has 2 N–H and O–H groups in total. The van der Waals surface area contributed by atoms with E-state index in [0.717, 1.165) is 41.1 Å². The van der Waals surface area contributed by atoms with E-state index in [4.69, 9.17) is 0 Å². The van der Waals surface area contributed by atoms with Gasteiger partial charge < -0.3 is 10.6 Å². The minimum atomic E-state index is 0. The van der Waals surface area contributed by atoms with E-state index in [1.807, 2.05) is 6.20 Å². The second-order valence-electron chi connectivity index (χ2n) is 4.71. The van der Waals surface area contributed by atoms with Gasteiger partial charge in [0.25, 0.3) is 0 Å². The molecule has 2 aromatic rings. The zero-order chi connectivity index (χ0) is 15.8. The molecule has 0 radical (unpaired) electrons. The fourth-order valence-electron chi connectivity index (χ4n) is 1.84. The first-order valence-electron chi connectivity index (χ1n) is 7.64. The summed E-state index contributed by atoms with van der Waals surface area (Å²) in [7, 11) is 0. The number of rotatable bonds is 7. The fraction of sp³-hybridized carbons (Fsp3) is 0.533. The van der Waals surface area contributed by atoms with Crippen LogP contribution in [0.3, 0.4) is 0 Å². The molecule has 0 aliphatic rings. The van der Waals surface area contributed by atoms with Crippen LogP contribution in [0.4, 0.5) is 0 Å². The van der Waals surface area contributed by atoms with Crippen molar-refractivity contribution in [2.24, 2.45) is 4.99 Å². The Morgan fingerprint density at radius 3 is 2.61 bits per heavy atom. The minimum absolute atomic E-state index is 0. The van der Waals surface area contributed by atoms with Gasteiger partial charge in [0.2, 0.25) is 0 Å². The van der Waals surface area contributed by atoms with Crippen molar-refractivity contribution in [3.05, 3.63) is 32.2 Å². The van der Waals surface area contributed by atoms with Crippen LogP contribution in [0.5, 0.6) is 0 Å². The summed E-state index contributed by atoms with van der Waals surface area (Å²) >= 11 is 3.45. The number of guanidine groups is 1. The number of hydrogen-bond donors (Lipinski definition) is 2. The largest absolute Gasteiger partial charge is 0.357 e. The smallest absolute Gasteiger partial charge is 0.191 e. The first kappa shape index (κ1) is 20.3. The third kappa shape index (κ3) is 6.72. The Morgan fingerprint density at radius 1 is 1.17 bits per heavy atom. The quantitative estimate of drug-likeness (QED) is 0.373. The summed E-state index contributed by atoms with van der Waals surface area (Å²) in [5.74, 6) is 0.807. The van der Waals surface area contributed by atoms with Gasteiger partial charge in [-0.2, -0.15) is 0 Å². The number of aryl methyl sites for hydroxylation is 2. The predicted molar refractivity (Wildman–Crippen MR) is 110 cm³/mol. The van der Waals surface area contributed by atoms with Crippen LogP contribution in [0.1, 0.15) is 41.4 Å². The summed E-state index contributed by atoms with van der Waals surface area (Å²) in [6.45, 7) is 8.47. The highest BCUT2D eigenvalue weighted by molar-refractivity contribution is 14.0. The van der Waals surface area contributed by atoms with Crippen LogP contribution in [0, 0.1) is 0 Å². The Bertz CT molecular complexity index is 609. The minimum Gasteiger partial charge on any atom is -0.357 e. The predicted octanol–water partition coefficient (Wildman–Crippen LogP) is 3.60. The van der Waals surface area contributed by atoms with Gasteiger partial charge in [-0.15, -0.1) is 46.7 Å². The topological polar surface area (TPSA) is 62.2 Å². The van der Waals surface area contributed by atoms with E-state index >= 15 is 0 Å². The van der Waals surface area contributed by atoms with E-state index < -0.39 is 0 Å². The number of nitrogens with zero attached hydrogens (tertiary/aromatic N) is 3. The van der Waals surface area contributed by atoms with Gasteiger partial charge in [-0.1, -0.05) is 13.8 Å². The normalized spacial score (nSPS) is 11.2. The summed E-state index contributed by atoms with van der Waals surface area (Å²) in [4.78, 5) is 14.9. The summed E-state index contributed by atoms with van der Waals surface area (Å²) < 4.78 is 0. The van der Waals surface area contributed by atoms with Crippen molar-refractivity contribution < 1.29 is 0 Å². The molecule has 23 heavy (non-hydrogen) atoms. The van der Waals surface area contributed by atoms with Crippen molar-refractivity contribution >= 4 is 52.6 Å². The molecule has 5 nitrogen and oxygen atoms in total. The van der Waals surface area contributed by atoms with E-state index in [9.17, 15) is 0 Å². The molecular formula is C15H24IN5S2. The average molecular weight is 465 g/mol. The van der Waals surface area contributed by atoms with Crippen LogP contribution in [-0.2, 0) is 25.9 Å². The summed E-state index contributed by atoms with van der Waals surface area (Å²) in [5.41, 5.74) is 1.03. The van der Waals surface area contributed by atoms with Crippen LogP contribution in [0.15, 0.2) is 16.6 Å². The average Bonchev–Trinajstić information content (AvgIpc) is 3.18. The van der Waals surface area contributed by atoms with E-state index in [0.29, 0.717) is 13.1 Å². The van der Waals surface area contributed by atoms with Crippen molar-refractivity contribution in [3.63, 3.8) is 0 Å². The Kier molecular flexibility index (Phi) is 9.65. The molecule has 128 valence electrons. The zero-order valence-electron chi connectivity index (χ0n) is 13.8. The van der Waals surface area contributed by atoms with Gasteiger partial charge >= 0.3 is 0 Å². The molecule has 8 heteroatoms. The van der Waals surface area contributed by atoms with Gasteiger partial charge in [-0.25, -0.2) is 15.0 Å². The number of thiazole rings is 2. The summed E-state index contributed by atoms with van der Waals surface area (Å²) in [6, 6.07) is 0. The maximum Gasteiger partial charge on any atom is 0.191 e. The molecule has 0 spiro atoms. The molecule has 2 rings (SSSR count). The maximum absolute atomic E-state index is 4.59. The molecule has 0 bridgehead atoms. The fourth-order valence-corrected chi connectivity index (χ4v) is 3.38. The molecule has 0 amide bonds. The molecule has 0 saturated carbocycles. The lowest BCUT2D eigenvalue weighted by atomic mass is 10.4. The van der Waals surface area contributed by atoms with Gasteiger partial charge in [-0.3, -0.25) is 0 Å². The van der Waals surface area contributed by atoms with E-state index in [1.165, 1.54) is 4.88 Å². The van der Waals surface area contributed by atoms with Gasteiger partial charge in [0.15, 0.2) is 5.96 Å². The number of nitrogens with one attached hydrogen (secondary N) is 2. The van der Waals surface area contributed by atoms with Crippen LogP contribution in [0.2, 0.25) is 0 Å². The number of hydrogen-bond acceptors (Lipinski definition) is 5. The Morgan fingerprint density at radius 2 is 2.00 bits per heavy atom. The lowest BCUT2D eigenvalue weighted by Gasteiger charge is -2.09. The SMILES string of the molecule is CCNC(=NCc1csc(CC)n1)NCc1ncc(CC)s1.I. The molecule has 2 heterocycles. The molecule has 0 aliphatic heterocycles. The highest BCUT2D eigenvalue weighted by Crippen LogP contribution is 2.13. The van der Waals surface area contributed by atoms with E-state index in [-0.39, 0.29) is 24.0 Å². The molecule has 0 atom stereocenters. The second kappa shape index (κ2) is 10.9. The Hall–Kier alpha value is -0.740. The van der Waals surface area contributed by atoms with Crippen molar-refractivity contribution in [3.8, 4) is 0 Å². The molecule has 0 aromatic carbocycles. The monoisotopic (exact) mass is 465 g/mol. The second-order valence-corrected chi connectivity index (χ2v) is 6.85. The van der Waals surface area contributed by atoms with Gasteiger partial charge in [0, 0.05) is 23.0 Å². The first-order chi connectivity index (χ1) is 10.7. The first-order valence-corrected chi connectivity index (χ1v) is 9.33. The van der Waals surface area contributed by atoms with Gasteiger partial charge in [0.05, 0.1) is 23.8 Å².